The Morgan fingerprint density at radius 3 is 1.69 bits per heavy atom. The minimum absolute atomic E-state index is 0.328. The van der Waals surface area contributed by atoms with E-state index in [2.05, 4.69) is 13.8 Å². The van der Waals surface area contributed by atoms with Crippen LogP contribution in [0.4, 0.5) is 4.79 Å². The van der Waals surface area contributed by atoms with Crippen molar-refractivity contribution in [1.29, 1.82) is 0 Å². The SMILES string of the molecule is CCCCCCCCCc1ccc(OC(=O)c2ccc(OC(=O)OCCCCCCCC)cc2)cc1. The first-order valence-electron chi connectivity index (χ1n) is 13.9. The molecule has 2 rings (SSSR count). The van der Waals surface area contributed by atoms with E-state index in [4.69, 9.17) is 14.2 Å². The number of unbranched alkanes of at least 4 members (excludes halogenated alkanes) is 11. The van der Waals surface area contributed by atoms with Crippen LogP contribution in [0.5, 0.6) is 11.5 Å². The van der Waals surface area contributed by atoms with Crippen LogP contribution in [0.25, 0.3) is 0 Å². The first-order chi connectivity index (χ1) is 17.6. The predicted octanol–water partition coefficient (Wildman–Crippen LogP) is 9.07. The van der Waals surface area contributed by atoms with E-state index < -0.39 is 12.1 Å². The number of rotatable bonds is 18. The Hall–Kier alpha value is -2.82. The highest BCUT2D eigenvalue weighted by Gasteiger charge is 2.11. The fourth-order valence-electron chi connectivity index (χ4n) is 4.00. The first kappa shape index (κ1) is 29.4. The van der Waals surface area contributed by atoms with E-state index >= 15 is 0 Å². The number of carbonyl (C=O) groups is 2. The molecule has 0 bridgehead atoms. The van der Waals surface area contributed by atoms with Gasteiger partial charge in [-0.2, -0.15) is 0 Å². The highest BCUT2D eigenvalue weighted by molar-refractivity contribution is 5.91. The van der Waals surface area contributed by atoms with Crippen molar-refractivity contribution in [2.45, 2.75) is 104 Å². The fraction of sp³-hybridized carbons (Fsp3) is 0.548. The second-order valence-corrected chi connectivity index (χ2v) is 9.40. The molecule has 0 spiro atoms. The summed E-state index contributed by atoms with van der Waals surface area (Å²) in [5.41, 5.74) is 1.64. The molecule has 0 saturated carbocycles. The van der Waals surface area contributed by atoms with Crippen LogP contribution in [-0.4, -0.2) is 18.7 Å². The number of aryl methyl sites for hydroxylation is 1. The Morgan fingerprint density at radius 1 is 0.583 bits per heavy atom. The molecule has 0 aromatic heterocycles. The summed E-state index contributed by atoms with van der Waals surface area (Å²) in [7, 11) is 0. The molecule has 2 aromatic carbocycles. The second kappa shape index (κ2) is 18.4. The van der Waals surface area contributed by atoms with Gasteiger partial charge in [-0.1, -0.05) is 96.6 Å². The minimum atomic E-state index is -0.726. The van der Waals surface area contributed by atoms with Crippen molar-refractivity contribution in [2.24, 2.45) is 0 Å². The molecule has 0 saturated heterocycles. The quantitative estimate of drug-likeness (QED) is 0.0891. The molecular formula is C31H44O5. The first-order valence-corrected chi connectivity index (χ1v) is 13.9. The van der Waals surface area contributed by atoms with Gasteiger partial charge in [0.05, 0.1) is 12.2 Å². The van der Waals surface area contributed by atoms with E-state index in [1.165, 1.54) is 69.8 Å². The van der Waals surface area contributed by atoms with E-state index in [0.717, 1.165) is 25.7 Å². The molecule has 0 amide bonds. The Kier molecular flexibility index (Phi) is 15.1. The molecule has 0 radical (unpaired) electrons. The molecule has 5 nitrogen and oxygen atoms in total. The molecule has 36 heavy (non-hydrogen) atoms. The van der Waals surface area contributed by atoms with E-state index in [0.29, 0.717) is 23.7 Å². The third-order valence-corrected chi connectivity index (χ3v) is 6.21. The normalized spacial score (nSPS) is 10.7. The number of hydrogen-bond donors (Lipinski definition) is 0. The van der Waals surface area contributed by atoms with Gasteiger partial charge in [-0.25, -0.2) is 9.59 Å². The third-order valence-electron chi connectivity index (χ3n) is 6.21. The smallest absolute Gasteiger partial charge is 0.434 e. The zero-order chi connectivity index (χ0) is 25.8. The Labute approximate surface area is 217 Å². The maximum Gasteiger partial charge on any atom is 0.513 e. The molecule has 0 atom stereocenters. The van der Waals surface area contributed by atoms with Crippen molar-refractivity contribution < 1.29 is 23.8 Å². The van der Waals surface area contributed by atoms with Gasteiger partial charge in [-0.15, -0.1) is 0 Å². The molecule has 0 fully saturated rings. The van der Waals surface area contributed by atoms with E-state index in [-0.39, 0.29) is 0 Å². The topological polar surface area (TPSA) is 61.8 Å². The molecule has 0 heterocycles. The lowest BCUT2D eigenvalue weighted by Crippen LogP contribution is -2.12. The van der Waals surface area contributed by atoms with Crippen LogP contribution in [0, 0.1) is 0 Å². The summed E-state index contributed by atoms with van der Waals surface area (Å²) in [6.07, 6.45) is 16.1. The molecule has 0 N–H and O–H groups in total. The van der Waals surface area contributed by atoms with Crippen molar-refractivity contribution in [3.05, 3.63) is 59.7 Å². The van der Waals surface area contributed by atoms with Gasteiger partial charge >= 0.3 is 12.1 Å². The zero-order valence-corrected chi connectivity index (χ0v) is 22.3. The molecule has 0 unspecified atom stereocenters. The summed E-state index contributed by atoms with van der Waals surface area (Å²) < 4.78 is 15.8. The van der Waals surface area contributed by atoms with Crippen LogP contribution < -0.4 is 9.47 Å². The van der Waals surface area contributed by atoms with Crippen LogP contribution in [0.15, 0.2) is 48.5 Å². The number of ether oxygens (including phenoxy) is 3. The van der Waals surface area contributed by atoms with Gasteiger partial charge in [0.2, 0.25) is 0 Å². The standard InChI is InChI=1S/C31H44O5/c1-3-5-7-9-11-12-14-16-26-17-21-28(22-18-26)35-30(32)27-19-23-29(24-20-27)36-31(33)34-25-15-13-10-8-6-4-2/h17-24H,3-16,25H2,1-2H3. The lowest BCUT2D eigenvalue weighted by Gasteiger charge is -2.08. The van der Waals surface area contributed by atoms with Crippen LogP contribution in [0.1, 0.15) is 113 Å². The van der Waals surface area contributed by atoms with Gasteiger partial charge in [0.25, 0.3) is 0 Å². The average molecular weight is 497 g/mol. The van der Waals surface area contributed by atoms with Crippen LogP contribution >= 0.6 is 0 Å². The van der Waals surface area contributed by atoms with Gasteiger partial charge < -0.3 is 14.2 Å². The lowest BCUT2D eigenvalue weighted by atomic mass is 10.0. The molecular weight excluding hydrogens is 452 g/mol. The highest BCUT2D eigenvalue weighted by atomic mass is 16.7. The number of hydrogen-bond acceptors (Lipinski definition) is 5. The Balaban J connectivity index is 1.66. The zero-order valence-electron chi connectivity index (χ0n) is 22.3. The minimum Gasteiger partial charge on any atom is -0.434 e. The maximum absolute atomic E-state index is 12.5. The van der Waals surface area contributed by atoms with Crippen molar-refractivity contribution >= 4 is 12.1 Å². The molecule has 5 heteroatoms. The summed E-state index contributed by atoms with van der Waals surface area (Å²) in [6, 6.07) is 14.0. The molecule has 0 aliphatic carbocycles. The van der Waals surface area contributed by atoms with Crippen molar-refractivity contribution in [3.8, 4) is 11.5 Å². The maximum atomic E-state index is 12.5. The van der Waals surface area contributed by atoms with E-state index in [1.807, 2.05) is 24.3 Å². The summed E-state index contributed by atoms with van der Waals surface area (Å²) >= 11 is 0. The summed E-state index contributed by atoms with van der Waals surface area (Å²) in [5.74, 6) is 0.392. The molecule has 0 aliphatic rings. The Morgan fingerprint density at radius 2 is 1.08 bits per heavy atom. The van der Waals surface area contributed by atoms with Crippen LogP contribution in [-0.2, 0) is 11.2 Å². The van der Waals surface area contributed by atoms with Crippen molar-refractivity contribution in [3.63, 3.8) is 0 Å². The lowest BCUT2D eigenvalue weighted by molar-refractivity contribution is 0.0734. The predicted molar refractivity (Wildman–Crippen MR) is 145 cm³/mol. The summed E-state index contributed by atoms with van der Waals surface area (Å²) in [4.78, 5) is 24.3. The number of benzene rings is 2. The molecule has 198 valence electrons. The van der Waals surface area contributed by atoms with Gasteiger partial charge in [0.15, 0.2) is 0 Å². The summed E-state index contributed by atoms with van der Waals surface area (Å²) in [5, 5.41) is 0. The van der Waals surface area contributed by atoms with Gasteiger partial charge in [0.1, 0.15) is 11.5 Å². The van der Waals surface area contributed by atoms with Crippen LogP contribution in [0.3, 0.4) is 0 Å². The molecule has 2 aromatic rings. The summed E-state index contributed by atoms with van der Waals surface area (Å²) in [6.45, 7) is 4.78. The van der Waals surface area contributed by atoms with Crippen molar-refractivity contribution in [1.82, 2.24) is 0 Å². The van der Waals surface area contributed by atoms with Gasteiger partial charge in [-0.05, 0) is 61.2 Å². The highest BCUT2D eigenvalue weighted by Crippen LogP contribution is 2.18. The fourth-order valence-corrected chi connectivity index (χ4v) is 4.00. The third kappa shape index (κ3) is 12.8. The average Bonchev–Trinajstić information content (AvgIpc) is 2.89. The van der Waals surface area contributed by atoms with Crippen LogP contribution in [0.2, 0.25) is 0 Å². The van der Waals surface area contributed by atoms with Crippen molar-refractivity contribution in [2.75, 3.05) is 6.61 Å². The number of esters is 1. The second-order valence-electron chi connectivity index (χ2n) is 9.40. The monoisotopic (exact) mass is 496 g/mol. The molecule has 0 aliphatic heterocycles. The van der Waals surface area contributed by atoms with E-state index in [9.17, 15) is 9.59 Å². The van der Waals surface area contributed by atoms with Gasteiger partial charge in [-0.3, -0.25) is 0 Å². The van der Waals surface area contributed by atoms with Gasteiger partial charge in [0, 0.05) is 0 Å². The Bertz CT molecular complexity index is 858. The number of carbonyl (C=O) groups excluding carboxylic acids is 2. The van der Waals surface area contributed by atoms with E-state index in [1.54, 1.807) is 24.3 Å². The largest absolute Gasteiger partial charge is 0.513 e.